The topological polar surface area (TPSA) is 125 Å². The number of carbonyl (C=O) groups excluding carboxylic acids is 2. The summed E-state index contributed by atoms with van der Waals surface area (Å²) in [7, 11) is 0. The van der Waals surface area contributed by atoms with E-state index in [2.05, 4.69) is 22.8 Å². The van der Waals surface area contributed by atoms with Crippen molar-refractivity contribution in [2.24, 2.45) is 5.92 Å². The smallest absolute Gasteiger partial charge is 0.407 e. The fourth-order valence-corrected chi connectivity index (χ4v) is 4.60. The highest BCUT2D eigenvalue weighted by Gasteiger charge is 2.38. The minimum atomic E-state index is -1.31. The fourth-order valence-electron chi connectivity index (χ4n) is 4.60. The number of anilines is 1. The Morgan fingerprint density at radius 2 is 1.57 bits per heavy atom. The number of aromatic carboxylic acids is 1. The molecular weight excluding hydrogens is 448 g/mol. The van der Waals surface area contributed by atoms with E-state index < -0.39 is 29.8 Å². The van der Waals surface area contributed by atoms with E-state index in [1.807, 2.05) is 36.4 Å². The number of aromatic hydroxyl groups is 1. The molecule has 3 aromatic rings. The number of phenols is 1. The third kappa shape index (κ3) is 4.55. The lowest BCUT2D eigenvalue weighted by Crippen LogP contribution is -2.45. The number of carbonyl (C=O) groups is 3. The van der Waals surface area contributed by atoms with Gasteiger partial charge in [-0.15, -0.1) is 0 Å². The van der Waals surface area contributed by atoms with E-state index in [0.29, 0.717) is 0 Å². The number of alkyl carbamates (subject to hydrolysis) is 1. The number of hydrogen-bond acceptors (Lipinski definition) is 5. The molecular formula is C27H24N2O6. The molecule has 0 saturated heterocycles. The first-order chi connectivity index (χ1) is 16.9. The van der Waals surface area contributed by atoms with E-state index >= 15 is 0 Å². The van der Waals surface area contributed by atoms with Crippen LogP contribution in [0.1, 0.15) is 40.2 Å². The monoisotopic (exact) mass is 472 g/mol. The molecule has 1 saturated carbocycles. The van der Waals surface area contributed by atoms with Gasteiger partial charge in [0.05, 0.1) is 0 Å². The Hall–Kier alpha value is -4.33. The molecule has 1 unspecified atom stereocenters. The average molecular weight is 472 g/mol. The number of benzene rings is 3. The van der Waals surface area contributed by atoms with Crippen molar-refractivity contribution in [1.29, 1.82) is 0 Å². The van der Waals surface area contributed by atoms with Crippen LogP contribution in [0.3, 0.4) is 0 Å². The highest BCUT2D eigenvalue weighted by molar-refractivity contribution is 5.99. The highest BCUT2D eigenvalue weighted by atomic mass is 16.5. The molecule has 0 bridgehead atoms. The first-order valence-corrected chi connectivity index (χ1v) is 11.4. The number of hydrogen-bond donors (Lipinski definition) is 4. The number of carboxylic acid groups (broad SMARTS) is 1. The quantitative estimate of drug-likeness (QED) is 0.379. The summed E-state index contributed by atoms with van der Waals surface area (Å²) in [4.78, 5) is 36.8. The van der Waals surface area contributed by atoms with Crippen LogP contribution in [0.2, 0.25) is 0 Å². The van der Waals surface area contributed by atoms with Crippen molar-refractivity contribution in [2.45, 2.75) is 24.8 Å². The summed E-state index contributed by atoms with van der Waals surface area (Å²) < 4.78 is 5.57. The maximum absolute atomic E-state index is 12.9. The number of amides is 2. The number of carboxylic acids is 1. The van der Waals surface area contributed by atoms with Crippen LogP contribution in [-0.4, -0.2) is 40.8 Å². The zero-order valence-corrected chi connectivity index (χ0v) is 18.7. The van der Waals surface area contributed by atoms with Crippen LogP contribution in [0.4, 0.5) is 10.5 Å². The van der Waals surface area contributed by atoms with E-state index in [4.69, 9.17) is 4.74 Å². The summed E-state index contributed by atoms with van der Waals surface area (Å²) in [6.45, 7) is 0.138. The predicted octanol–water partition coefficient (Wildman–Crippen LogP) is 4.35. The molecule has 2 amide bonds. The zero-order chi connectivity index (χ0) is 24.5. The van der Waals surface area contributed by atoms with Gasteiger partial charge in [-0.25, -0.2) is 9.59 Å². The van der Waals surface area contributed by atoms with Crippen molar-refractivity contribution in [1.82, 2.24) is 5.32 Å². The summed E-state index contributed by atoms with van der Waals surface area (Å²) in [5.74, 6) is -2.29. The van der Waals surface area contributed by atoms with E-state index in [9.17, 15) is 24.6 Å². The second-order valence-electron chi connectivity index (χ2n) is 8.81. The van der Waals surface area contributed by atoms with Gasteiger partial charge in [-0.3, -0.25) is 4.79 Å². The molecule has 0 heterocycles. The zero-order valence-electron chi connectivity index (χ0n) is 18.7. The molecule has 1 atom stereocenters. The summed E-state index contributed by atoms with van der Waals surface area (Å²) in [5, 5.41) is 24.2. The number of rotatable bonds is 7. The van der Waals surface area contributed by atoms with Crippen molar-refractivity contribution in [2.75, 3.05) is 11.9 Å². The molecule has 3 aromatic carbocycles. The van der Waals surface area contributed by atoms with Crippen LogP contribution >= 0.6 is 0 Å². The Balaban J connectivity index is 1.25. The predicted molar refractivity (Wildman–Crippen MR) is 128 cm³/mol. The Bertz CT molecular complexity index is 1270. The van der Waals surface area contributed by atoms with Gasteiger partial charge in [0.25, 0.3) is 0 Å². The number of nitrogens with one attached hydrogen (secondary N) is 2. The van der Waals surface area contributed by atoms with Gasteiger partial charge in [0.15, 0.2) is 0 Å². The third-order valence-electron chi connectivity index (χ3n) is 6.49. The van der Waals surface area contributed by atoms with Gasteiger partial charge in [-0.2, -0.15) is 0 Å². The van der Waals surface area contributed by atoms with Gasteiger partial charge < -0.3 is 25.6 Å². The molecule has 8 nitrogen and oxygen atoms in total. The molecule has 178 valence electrons. The van der Waals surface area contributed by atoms with Crippen LogP contribution in [0.5, 0.6) is 5.75 Å². The highest BCUT2D eigenvalue weighted by Crippen LogP contribution is 2.44. The second-order valence-corrected chi connectivity index (χ2v) is 8.81. The molecule has 4 N–H and O–H groups in total. The molecule has 8 heteroatoms. The first kappa shape index (κ1) is 22.5. The fraction of sp³-hybridized carbons (Fsp3) is 0.222. The molecule has 0 spiro atoms. The van der Waals surface area contributed by atoms with Crippen LogP contribution in [0.15, 0.2) is 66.7 Å². The first-order valence-electron chi connectivity index (χ1n) is 11.4. The van der Waals surface area contributed by atoms with Gasteiger partial charge in [0, 0.05) is 11.6 Å². The van der Waals surface area contributed by atoms with Crippen molar-refractivity contribution in [3.05, 3.63) is 83.4 Å². The summed E-state index contributed by atoms with van der Waals surface area (Å²) >= 11 is 0. The van der Waals surface area contributed by atoms with Crippen LogP contribution in [-0.2, 0) is 9.53 Å². The minimum Gasteiger partial charge on any atom is -0.507 e. The summed E-state index contributed by atoms with van der Waals surface area (Å²) in [6, 6.07) is 19.0. The SMILES string of the molecule is O=C(NC(C(=O)Nc1ccc(O)c(C(=O)O)c1)C1CC1)OCC1c2ccccc2-c2ccccc21. The largest absolute Gasteiger partial charge is 0.507 e. The molecule has 5 rings (SSSR count). The Kier molecular flexibility index (Phi) is 5.86. The van der Waals surface area contributed by atoms with Crippen LogP contribution < -0.4 is 10.6 Å². The Labute approximate surface area is 201 Å². The normalized spacial score (nSPS) is 15.0. The van der Waals surface area contributed by atoms with Gasteiger partial charge >= 0.3 is 12.1 Å². The molecule has 1 fully saturated rings. The van der Waals surface area contributed by atoms with Crippen LogP contribution in [0.25, 0.3) is 11.1 Å². The summed E-state index contributed by atoms with van der Waals surface area (Å²) in [6.07, 6.45) is 0.894. The number of fused-ring (bicyclic) bond motifs is 3. The molecule has 35 heavy (non-hydrogen) atoms. The van der Waals surface area contributed by atoms with Crippen molar-refractivity contribution < 1.29 is 29.3 Å². The van der Waals surface area contributed by atoms with Gasteiger partial charge in [-0.05, 0) is 59.2 Å². The third-order valence-corrected chi connectivity index (χ3v) is 6.49. The van der Waals surface area contributed by atoms with Gasteiger partial charge in [0.1, 0.15) is 24.0 Å². The Morgan fingerprint density at radius 1 is 0.943 bits per heavy atom. The molecule has 0 radical (unpaired) electrons. The lowest BCUT2D eigenvalue weighted by molar-refractivity contribution is -0.118. The lowest BCUT2D eigenvalue weighted by atomic mass is 9.98. The Morgan fingerprint density at radius 3 is 2.17 bits per heavy atom. The van der Waals surface area contributed by atoms with Crippen molar-refractivity contribution in [3.63, 3.8) is 0 Å². The van der Waals surface area contributed by atoms with Gasteiger partial charge in [-0.1, -0.05) is 48.5 Å². The van der Waals surface area contributed by atoms with Crippen molar-refractivity contribution in [3.8, 4) is 16.9 Å². The van der Waals surface area contributed by atoms with E-state index in [1.165, 1.54) is 18.2 Å². The molecule has 2 aliphatic carbocycles. The second kappa shape index (κ2) is 9.13. The summed E-state index contributed by atoms with van der Waals surface area (Å²) in [5.41, 5.74) is 4.34. The molecule has 2 aliphatic rings. The van der Waals surface area contributed by atoms with Crippen molar-refractivity contribution >= 4 is 23.7 Å². The number of ether oxygens (including phenoxy) is 1. The van der Waals surface area contributed by atoms with E-state index in [0.717, 1.165) is 35.1 Å². The van der Waals surface area contributed by atoms with E-state index in [1.54, 1.807) is 0 Å². The molecule has 0 aliphatic heterocycles. The lowest BCUT2D eigenvalue weighted by Gasteiger charge is -2.19. The molecule has 0 aromatic heterocycles. The maximum Gasteiger partial charge on any atom is 0.407 e. The van der Waals surface area contributed by atoms with Gasteiger partial charge in [0.2, 0.25) is 5.91 Å². The average Bonchev–Trinajstić information content (AvgIpc) is 3.64. The minimum absolute atomic E-state index is 0.0217. The van der Waals surface area contributed by atoms with Crippen LogP contribution in [0, 0.1) is 5.92 Å². The standard InChI is InChI=1S/C27H24N2O6/c30-23-12-11-16(13-21(23)26(32)33)28-25(31)24(15-9-10-15)29-27(34)35-14-22-19-7-3-1-5-17(19)18-6-2-4-8-20(18)22/h1-8,11-13,15,22,24,30H,9-10,14H2,(H,28,31)(H,29,34)(H,32,33). The maximum atomic E-state index is 12.9. The van der Waals surface area contributed by atoms with E-state index in [-0.39, 0.29) is 29.7 Å².